The van der Waals surface area contributed by atoms with Crippen molar-refractivity contribution >= 4 is 28.7 Å². The van der Waals surface area contributed by atoms with Gasteiger partial charge in [0, 0.05) is 13.2 Å². The fourth-order valence-electron chi connectivity index (χ4n) is 2.39. The first kappa shape index (κ1) is 19.8. The fourth-order valence-corrected chi connectivity index (χ4v) is 3.25. The van der Waals surface area contributed by atoms with Crippen LogP contribution in [-0.4, -0.2) is 47.3 Å². The number of thioether (sulfide) groups is 1. The van der Waals surface area contributed by atoms with Gasteiger partial charge < -0.3 is 9.64 Å². The van der Waals surface area contributed by atoms with Crippen LogP contribution in [0.25, 0.3) is 0 Å². The van der Waals surface area contributed by atoms with Crippen molar-refractivity contribution in [2.75, 3.05) is 20.2 Å². The Hall–Kier alpha value is -2.54. The number of carbonyl (C=O) groups excluding carboxylic acids is 2. The quantitative estimate of drug-likeness (QED) is 0.560. The third-order valence-electron chi connectivity index (χ3n) is 3.74. The summed E-state index contributed by atoms with van der Waals surface area (Å²) in [6.45, 7) is 6.75. The summed E-state index contributed by atoms with van der Waals surface area (Å²) in [4.78, 5) is 29.0. The number of amidine groups is 1. The molecule has 1 heterocycles. The van der Waals surface area contributed by atoms with Gasteiger partial charge in [0.2, 0.25) is 5.91 Å². The number of likely N-dealkylation sites (N-methyl/N-ethyl adjacent to an activating group) is 1. The highest BCUT2D eigenvalue weighted by atomic mass is 32.2. The van der Waals surface area contributed by atoms with Crippen LogP contribution in [-0.2, 0) is 11.2 Å². The molecule has 0 bridgehead atoms. The Labute approximate surface area is 158 Å². The molecule has 0 spiro atoms. The zero-order valence-corrected chi connectivity index (χ0v) is 15.8. The van der Waals surface area contributed by atoms with Gasteiger partial charge >= 0.3 is 0 Å². The second kappa shape index (κ2) is 9.82. The maximum atomic E-state index is 11.6. The van der Waals surface area contributed by atoms with Gasteiger partial charge in [-0.2, -0.15) is 0 Å². The first-order valence-corrected chi connectivity index (χ1v) is 9.17. The van der Waals surface area contributed by atoms with Crippen molar-refractivity contribution in [1.29, 1.82) is 0 Å². The summed E-state index contributed by atoms with van der Waals surface area (Å²) in [7, 11) is 1.94. The van der Waals surface area contributed by atoms with Crippen LogP contribution in [0.15, 0.2) is 54.2 Å². The lowest BCUT2D eigenvalue weighted by Gasteiger charge is -2.19. The number of benzene rings is 1. The maximum Gasteiger partial charge on any atom is 0.286 e. The minimum atomic E-state index is -0.350. The Kier molecular flexibility index (Phi) is 7.47. The summed E-state index contributed by atoms with van der Waals surface area (Å²) >= 11 is 1.04. The SMILES string of the molecule is C=CN=C(/C=C\C)N(C)CCOc1ccc(CC2SC(=O)NC2=O)cc1. The Bertz CT molecular complexity index is 713. The molecular formula is C19H23N3O3S. The van der Waals surface area contributed by atoms with E-state index in [1.807, 2.05) is 55.3 Å². The van der Waals surface area contributed by atoms with Crippen molar-refractivity contribution in [2.45, 2.75) is 18.6 Å². The highest BCUT2D eigenvalue weighted by Gasteiger charge is 2.31. The Morgan fingerprint density at radius 1 is 1.38 bits per heavy atom. The predicted molar refractivity (Wildman–Crippen MR) is 106 cm³/mol. The number of carbonyl (C=O) groups is 2. The summed E-state index contributed by atoms with van der Waals surface area (Å²) in [5, 5.41) is 1.67. The lowest BCUT2D eigenvalue weighted by molar-refractivity contribution is -0.118. The maximum absolute atomic E-state index is 11.6. The van der Waals surface area contributed by atoms with E-state index < -0.39 is 0 Å². The molecule has 7 heteroatoms. The zero-order valence-electron chi connectivity index (χ0n) is 15.0. The van der Waals surface area contributed by atoms with Crippen molar-refractivity contribution in [2.24, 2.45) is 4.99 Å². The molecule has 6 nitrogen and oxygen atoms in total. The third kappa shape index (κ3) is 5.77. The standard InChI is InChI=1S/C19H23N3O3S/c1-4-6-17(20-5-2)22(3)11-12-25-15-9-7-14(8-10-15)13-16-18(23)21-19(24)26-16/h4-10,16H,2,11-13H2,1,3H3,(H,21,23,24)/b6-4-,20-17?. The van der Waals surface area contributed by atoms with Gasteiger partial charge in [-0.1, -0.05) is 36.5 Å². The van der Waals surface area contributed by atoms with E-state index in [1.165, 1.54) is 6.20 Å². The molecule has 1 fully saturated rings. The highest BCUT2D eigenvalue weighted by molar-refractivity contribution is 8.15. The van der Waals surface area contributed by atoms with Gasteiger partial charge in [-0.25, -0.2) is 4.99 Å². The molecule has 2 amide bonds. The topological polar surface area (TPSA) is 71.0 Å². The first-order chi connectivity index (χ1) is 12.5. The third-order valence-corrected chi connectivity index (χ3v) is 4.72. The van der Waals surface area contributed by atoms with Gasteiger partial charge in [-0.05, 0) is 37.1 Å². The van der Waals surface area contributed by atoms with Crippen LogP contribution in [0.2, 0.25) is 0 Å². The minimum absolute atomic E-state index is 0.221. The predicted octanol–water partition coefficient (Wildman–Crippen LogP) is 3.01. The molecule has 1 aliphatic rings. The largest absolute Gasteiger partial charge is 0.492 e. The number of nitrogens with one attached hydrogen (secondary N) is 1. The van der Waals surface area contributed by atoms with E-state index in [2.05, 4.69) is 16.9 Å². The Balaban J connectivity index is 1.82. The van der Waals surface area contributed by atoms with E-state index >= 15 is 0 Å². The molecule has 1 saturated heterocycles. The number of hydrogen-bond acceptors (Lipinski definition) is 5. The smallest absolute Gasteiger partial charge is 0.286 e. The summed E-state index contributed by atoms with van der Waals surface area (Å²) < 4.78 is 5.76. The van der Waals surface area contributed by atoms with Gasteiger partial charge in [-0.15, -0.1) is 0 Å². The number of rotatable bonds is 8. The molecule has 1 unspecified atom stereocenters. The van der Waals surface area contributed by atoms with E-state index in [0.29, 0.717) is 19.6 Å². The van der Waals surface area contributed by atoms with E-state index in [1.54, 1.807) is 0 Å². The number of ether oxygens (including phenoxy) is 1. The van der Waals surface area contributed by atoms with Crippen molar-refractivity contribution < 1.29 is 14.3 Å². The lowest BCUT2D eigenvalue weighted by Crippen LogP contribution is -2.29. The van der Waals surface area contributed by atoms with Crippen molar-refractivity contribution in [1.82, 2.24) is 10.2 Å². The van der Waals surface area contributed by atoms with E-state index in [-0.39, 0.29) is 16.4 Å². The Morgan fingerprint density at radius 2 is 2.12 bits per heavy atom. The van der Waals surface area contributed by atoms with E-state index in [0.717, 1.165) is 28.9 Å². The number of hydrogen-bond donors (Lipinski definition) is 1. The van der Waals surface area contributed by atoms with Crippen molar-refractivity contribution in [3.05, 3.63) is 54.8 Å². The van der Waals surface area contributed by atoms with Gasteiger partial charge in [0.05, 0.1) is 11.8 Å². The molecule has 0 aliphatic carbocycles. The normalized spacial score (nSPS) is 17.5. The molecule has 1 N–H and O–H groups in total. The van der Waals surface area contributed by atoms with E-state index in [9.17, 15) is 9.59 Å². The number of imide groups is 1. The lowest BCUT2D eigenvalue weighted by atomic mass is 10.1. The average molecular weight is 373 g/mol. The van der Waals surface area contributed by atoms with Crippen LogP contribution < -0.4 is 10.1 Å². The average Bonchev–Trinajstić information content (AvgIpc) is 2.93. The molecule has 1 atom stereocenters. The molecule has 1 aliphatic heterocycles. The van der Waals surface area contributed by atoms with Gasteiger partial charge in [0.15, 0.2) is 0 Å². The number of nitrogens with zero attached hydrogens (tertiary/aromatic N) is 2. The van der Waals surface area contributed by atoms with Crippen molar-refractivity contribution in [3.63, 3.8) is 0 Å². The molecule has 1 aromatic carbocycles. The monoisotopic (exact) mass is 373 g/mol. The highest BCUT2D eigenvalue weighted by Crippen LogP contribution is 2.23. The first-order valence-electron chi connectivity index (χ1n) is 8.29. The number of aliphatic imine (C=N–C) groups is 1. The second-order valence-corrected chi connectivity index (χ2v) is 6.85. The minimum Gasteiger partial charge on any atom is -0.492 e. The van der Waals surface area contributed by atoms with Gasteiger partial charge in [-0.3, -0.25) is 14.9 Å². The fraction of sp³-hybridized carbons (Fsp3) is 0.316. The van der Waals surface area contributed by atoms with Crippen LogP contribution >= 0.6 is 11.8 Å². The zero-order chi connectivity index (χ0) is 18.9. The van der Waals surface area contributed by atoms with Gasteiger partial charge in [0.25, 0.3) is 5.24 Å². The Morgan fingerprint density at radius 3 is 2.69 bits per heavy atom. The second-order valence-electron chi connectivity index (χ2n) is 5.67. The van der Waals surface area contributed by atoms with Gasteiger partial charge in [0.1, 0.15) is 18.2 Å². The molecule has 138 valence electrons. The van der Waals surface area contributed by atoms with Crippen LogP contribution in [0, 0.1) is 0 Å². The molecule has 0 aromatic heterocycles. The summed E-state index contributed by atoms with van der Waals surface area (Å²) in [6.07, 6.45) is 5.88. The van der Waals surface area contributed by atoms with Crippen LogP contribution in [0.4, 0.5) is 4.79 Å². The molecular weight excluding hydrogens is 350 g/mol. The van der Waals surface area contributed by atoms with E-state index in [4.69, 9.17) is 4.74 Å². The molecule has 0 radical (unpaired) electrons. The summed E-state index contributed by atoms with van der Waals surface area (Å²) in [5.41, 5.74) is 0.991. The number of amides is 2. The molecule has 26 heavy (non-hydrogen) atoms. The van der Waals surface area contributed by atoms with Crippen LogP contribution in [0.5, 0.6) is 5.75 Å². The van der Waals surface area contributed by atoms with Crippen molar-refractivity contribution in [3.8, 4) is 5.75 Å². The molecule has 0 saturated carbocycles. The van der Waals surface area contributed by atoms with Crippen LogP contribution in [0.3, 0.4) is 0 Å². The molecule has 1 aromatic rings. The summed E-state index contributed by atoms with van der Waals surface area (Å²) in [6, 6.07) is 7.58. The summed E-state index contributed by atoms with van der Waals surface area (Å²) in [5.74, 6) is 1.36. The molecule has 2 rings (SSSR count). The number of allylic oxidation sites excluding steroid dienone is 1. The van der Waals surface area contributed by atoms with Crippen LogP contribution in [0.1, 0.15) is 12.5 Å².